The van der Waals surface area contributed by atoms with Gasteiger partial charge in [0.25, 0.3) is 11.8 Å². The third kappa shape index (κ3) is 3.21. The van der Waals surface area contributed by atoms with Crippen molar-refractivity contribution >= 4 is 29.4 Å². The van der Waals surface area contributed by atoms with E-state index < -0.39 is 17.5 Å². The van der Waals surface area contributed by atoms with Crippen LogP contribution in [0.3, 0.4) is 0 Å². The summed E-state index contributed by atoms with van der Waals surface area (Å²) in [6.07, 6.45) is 2.85. The lowest BCUT2D eigenvalue weighted by Crippen LogP contribution is -2.52. The van der Waals surface area contributed by atoms with E-state index in [2.05, 4.69) is 20.9 Å². The van der Waals surface area contributed by atoms with Crippen molar-refractivity contribution in [3.05, 3.63) is 53.3 Å². The maximum atomic E-state index is 13.0. The number of urea groups is 1. The highest BCUT2D eigenvalue weighted by Crippen LogP contribution is 2.32. The van der Waals surface area contributed by atoms with Gasteiger partial charge in [0.15, 0.2) is 5.54 Å². The molecule has 10 nitrogen and oxygen atoms in total. The second kappa shape index (κ2) is 7.14. The van der Waals surface area contributed by atoms with Crippen LogP contribution < -0.4 is 20.7 Å². The number of imide groups is 1. The molecule has 0 spiro atoms. The minimum absolute atomic E-state index is 0.106. The highest BCUT2D eigenvalue weighted by Gasteiger charge is 2.50. The number of nitrogens with zero attached hydrogens (tertiary/aromatic N) is 2. The van der Waals surface area contributed by atoms with Gasteiger partial charge >= 0.3 is 6.03 Å². The smallest absolute Gasteiger partial charge is 0.322 e. The number of nitrogens with one attached hydrogen (secondary N) is 3. The Labute approximate surface area is 171 Å². The van der Waals surface area contributed by atoms with E-state index >= 15 is 0 Å². The molecule has 1 saturated heterocycles. The number of rotatable bonds is 5. The maximum absolute atomic E-state index is 13.0. The van der Waals surface area contributed by atoms with Gasteiger partial charge in [-0.1, -0.05) is 6.07 Å². The number of aromatic nitrogens is 1. The third-order valence-electron chi connectivity index (χ3n) is 5.12. The molecule has 0 saturated carbocycles. The van der Waals surface area contributed by atoms with Crippen molar-refractivity contribution in [3.63, 3.8) is 0 Å². The molecule has 1 atom stereocenters. The van der Waals surface area contributed by atoms with E-state index in [0.29, 0.717) is 22.6 Å². The van der Waals surface area contributed by atoms with Crippen molar-refractivity contribution in [1.82, 2.24) is 20.5 Å². The molecule has 1 fully saturated rings. The molecular weight excluding hydrogens is 390 g/mol. The van der Waals surface area contributed by atoms with Crippen LogP contribution in [0, 0.1) is 0 Å². The summed E-state index contributed by atoms with van der Waals surface area (Å²) in [6, 6.07) is 6.09. The first kappa shape index (κ1) is 19.4. The Morgan fingerprint density at radius 3 is 2.73 bits per heavy atom. The van der Waals surface area contributed by atoms with Gasteiger partial charge in [0.2, 0.25) is 5.91 Å². The zero-order chi connectivity index (χ0) is 21.5. The molecule has 4 rings (SSSR count). The molecule has 2 aliphatic heterocycles. The van der Waals surface area contributed by atoms with Gasteiger partial charge in [-0.2, -0.15) is 0 Å². The van der Waals surface area contributed by atoms with E-state index in [1.165, 1.54) is 31.3 Å². The number of carbonyl (C=O) groups is 4. The Morgan fingerprint density at radius 2 is 2.07 bits per heavy atom. The van der Waals surface area contributed by atoms with Crippen LogP contribution in [0.1, 0.15) is 28.4 Å². The summed E-state index contributed by atoms with van der Waals surface area (Å²) < 4.78 is 5.19. The van der Waals surface area contributed by atoms with Gasteiger partial charge in [-0.05, 0) is 23.8 Å². The quantitative estimate of drug-likeness (QED) is 0.625. The number of anilines is 1. The predicted molar refractivity (Wildman–Crippen MR) is 105 cm³/mol. The lowest BCUT2D eigenvalue weighted by atomic mass is 9.90. The zero-order valence-electron chi connectivity index (χ0n) is 16.3. The van der Waals surface area contributed by atoms with Crippen molar-refractivity contribution in [1.29, 1.82) is 0 Å². The molecule has 0 bridgehead atoms. The number of benzene rings is 1. The summed E-state index contributed by atoms with van der Waals surface area (Å²) >= 11 is 0. The van der Waals surface area contributed by atoms with E-state index in [1.54, 1.807) is 24.3 Å². The minimum Gasteiger partial charge on any atom is -0.497 e. The number of fused-ring (bicyclic) bond motifs is 1. The molecular formula is C20H19N5O5. The zero-order valence-corrected chi connectivity index (χ0v) is 16.3. The maximum Gasteiger partial charge on any atom is 0.322 e. The van der Waals surface area contributed by atoms with Gasteiger partial charge < -0.3 is 20.3 Å². The summed E-state index contributed by atoms with van der Waals surface area (Å²) in [4.78, 5) is 54.8. The van der Waals surface area contributed by atoms with Crippen molar-refractivity contribution in [2.45, 2.75) is 19.0 Å². The van der Waals surface area contributed by atoms with Crippen LogP contribution in [-0.2, 0) is 21.7 Å². The van der Waals surface area contributed by atoms with Crippen molar-refractivity contribution < 1.29 is 23.9 Å². The van der Waals surface area contributed by atoms with E-state index in [-0.39, 0.29) is 24.9 Å². The fraction of sp³-hybridized carbons (Fsp3) is 0.250. The van der Waals surface area contributed by atoms with E-state index in [9.17, 15) is 19.2 Å². The van der Waals surface area contributed by atoms with Gasteiger partial charge in [-0.15, -0.1) is 0 Å². The van der Waals surface area contributed by atoms with Crippen molar-refractivity contribution in [2.24, 2.45) is 0 Å². The second-order valence-electron chi connectivity index (χ2n) is 7.14. The van der Waals surface area contributed by atoms with E-state index in [4.69, 9.17) is 4.74 Å². The standard InChI is InChI=1S/C20H19N5O5/c1-11(26)22-14-5-13(7-21-8-14)20(18(28)23-19(29)24-20)10-25-9-12-3-4-15(30-2)6-16(12)17(25)27/h3-8H,9-10H2,1-2H3,(H,22,26)(H2,23,24,28,29)/t20-/m0/s1. The number of hydrogen-bond donors (Lipinski definition) is 3. The first-order valence-electron chi connectivity index (χ1n) is 9.15. The van der Waals surface area contributed by atoms with Crippen LogP contribution >= 0.6 is 0 Å². The molecule has 5 amide bonds. The molecule has 0 aliphatic carbocycles. The second-order valence-corrected chi connectivity index (χ2v) is 7.14. The summed E-state index contributed by atoms with van der Waals surface area (Å²) in [5.41, 5.74) is 0.457. The monoisotopic (exact) mass is 409 g/mol. The SMILES string of the molecule is COc1ccc2c(c1)C(=O)N(C[C@@]1(c3cncc(NC(C)=O)c3)NC(=O)NC1=O)C2. The van der Waals surface area contributed by atoms with Crippen molar-refractivity contribution in [3.8, 4) is 5.75 Å². The number of pyridine rings is 1. The Hall–Kier alpha value is -3.95. The normalized spacial score (nSPS) is 19.9. The average molecular weight is 409 g/mol. The van der Waals surface area contributed by atoms with Crippen LogP contribution in [0.15, 0.2) is 36.7 Å². The van der Waals surface area contributed by atoms with Gasteiger partial charge in [-0.25, -0.2) is 4.79 Å². The molecule has 1 aromatic heterocycles. The largest absolute Gasteiger partial charge is 0.497 e. The van der Waals surface area contributed by atoms with Gasteiger partial charge in [0.1, 0.15) is 5.75 Å². The highest BCUT2D eigenvalue weighted by atomic mass is 16.5. The Morgan fingerprint density at radius 1 is 1.27 bits per heavy atom. The fourth-order valence-corrected chi connectivity index (χ4v) is 3.72. The molecule has 154 valence electrons. The lowest BCUT2D eigenvalue weighted by molar-refractivity contribution is -0.124. The Balaban J connectivity index is 1.70. The third-order valence-corrected chi connectivity index (χ3v) is 5.12. The first-order valence-corrected chi connectivity index (χ1v) is 9.15. The number of amides is 5. The van der Waals surface area contributed by atoms with Gasteiger partial charge in [-0.3, -0.25) is 24.7 Å². The van der Waals surface area contributed by atoms with Crippen LogP contribution in [0.5, 0.6) is 5.75 Å². The topological polar surface area (TPSA) is 130 Å². The molecule has 30 heavy (non-hydrogen) atoms. The molecule has 2 aliphatic rings. The molecule has 3 heterocycles. The van der Waals surface area contributed by atoms with Crippen LogP contribution in [-0.4, -0.2) is 47.3 Å². The minimum atomic E-state index is -1.54. The summed E-state index contributed by atoms with van der Waals surface area (Å²) in [5, 5.41) is 7.47. The van der Waals surface area contributed by atoms with Crippen LogP contribution in [0.25, 0.3) is 0 Å². The lowest BCUT2D eigenvalue weighted by Gasteiger charge is -2.31. The summed E-state index contributed by atoms with van der Waals surface area (Å²) in [6.45, 7) is 1.52. The average Bonchev–Trinajstić information content (AvgIpc) is 3.17. The summed E-state index contributed by atoms with van der Waals surface area (Å²) in [5.74, 6) is -0.626. The molecule has 2 aromatic rings. The number of ether oxygens (including phenoxy) is 1. The van der Waals surface area contributed by atoms with Crippen molar-refractivity contribution in [2.75, 3.05) is 19.0 Å². The number of hydrogen-bond acceptors (Lipinski definition) is 6. The molecule has 3 N–H and O–H groups in total. The van der Waals surface area contributed by atoms with Crippen LogP contribution in [0.2, 0.25) is 0 Å². The Bertz CT molecular complexity index is 1090. The molecule has 10 heteroatoms. The van der Waals surface area contributed by atoms with E-state index in [1.807, 2.05) is 0 Å². The van der Waals surface area contributed by atoms with Crippen LogP contribution in [0.4, 0.5) is 10.5 Å². The van der Waals surface area contributed by atoms with E-state index in [0.717, 1.165) is 5.56 Å². The number of methoxy groups -OCH3 is 1. The summed E-state index contributed by atoms with van der Waals surface area (Å²) in [7, 11) is 1.52. The fourth-order valence-electron chi connectivity index (χ4n) is 3.72. The molecule has 0 unspecified atom stereocenters. The Kier molecular flexibility index (Phi) is 4.61. The number of carbonyl (C=O) groups excluding carboxylic acids is 4. The highest BCUT2D eigenvalue weighted by molar-refractivity contribution is 6.08. The molecule has 1 aromatic carbocycles. The van der Waals surface area contributed by atoms with Gasteiger partial charge in [0, 0.05) is 30.8 Å². The first-order chi connectivity index (χ1) is 14.3. The van der Waals surface area contributed by atoms with Gasteiger partial charge in [0.05, 0.1) is 25.5 Å². The predicted octanol–water partition coefficient (Wildman–Crippen LogP) is 0.739. The molecule has 0 radical (unpaired) electrons.